The van der Waals surface area contributed by atoms with Crippen LogP contribution in [0.15, 0.2) is 30.3 Å². The molecule has 1 aromatic rings. The Morgan fingerprint density at radius 3 is 0.952 bits per heavy atom. The van der Waals surface area contributed by atoms with Gasteiger partial charge in [-0.1, -0.05) is 0 Å². The zero-order chi connectivity index (χ0) is 33.5. The molecule has 0 saturated carbocycles. The average molecular weight is 775 g/mol. The van der Waals surface area contributed by atoms with Crippen LogP contribution in [0.1, 0.15) is 5.56 Å². The summed E-state index contributed by atoms with van der Waals surface area (Å²) < 4.78 is 273. The molecule has 1 rings (SSSR count). The third-order valence-electron chi connectivity index (χ3n) is 5.63. The Bertz CT molecular complexity index is 923. The summed E-state index contributed by atoms with van der Waals surface area (Å²) in [5.41, 5.74) is -0.929. The quantitative estimate of drug-likeness (QED) is 0.129. The Morgan fingerprint density at radius 2 is 0.714 bits per heavy atom. The summed E-state index contributed by atoms with van der Waals surface area (Å²) in [7, 11) is 0. The summed E-state index contributed by atoms with van der Waals surface area (Å²) >= 11 is -10.5. The molecule has 1 aromatic carbocycles. The van der Waals surface area contributed by atoms with Crippen LogP contribution >= 0.6 is 0 Å². The molecule has 0 saturated heterocycles. The van der Waals surface area contributed by atoms with Gasteiger partial charge in [-0.15, -0.1) is 0 Å². The van der Waals surface area contributed by atoms with Crippen LogP contribution in [0.2, 0.25) is 0 Å². The normalized spacial score (nSPS) is 18.4. The SMILES string of the molecule is FC(F)C(F)(F)C(F)(F)[CH](F)[Sn]([O]Cc1ccccc1)([CH](F)C(F)(F)C(F)(F)C(F)F)[CH](F)C(F)(F)C(F)(F)C(F)F. The second-order valence-corrected chi connectivity index (χ2v) is 18.4. The van der Waals surface area contributed by atoms with Crippen LogP contribution in [0.25, 0.3) is 0 Å². The van der Waals surface area contributed by atoms with Crippen molar-refractivity contribution in [2.45, 2.75) is 74.0 Å². The molecule has 0 aromatic heterocycles. The molecule has 0 aliphatic heterocycles. The molecule has 0 spiro atoms. The molecule has 0 heterocycles. The fourth-order valence-electron chi connectivity index (χ4n) is 3.18. The first-order valence-electron chi connectivity index (χ1n) is 10.3. The summed E-state index contributed by atoms with van der Waals surface area (Å²) in [4.78, 5) is 0. The van der Waals surface area contributed by atoms with Gasteiger partial charge in [0.15, 0.2) is 0 Å². The Labute approximate surface area is 224 Å². The van der Waals surface area contributed by atoms with Crippen molar-refractivity contribution in [2.75, 3.05) is 0 Å². The second kappa shape index (κ2) is 12.5. The Balaban J connectivity index is 4.31. The Kier molecular flexibility index (Phi) is 11.5. The van der Waals surface area contributed by atoms with Crippen LogP contribution in [0.5, 0.6) is 0 Å². The maximum atomic E-state index is 15.2. The number of alkyl halides is 21. The number of hydrogen-bond acceptors (Lipinski definition) is 1. The topological polar surface area (TPSA) is 9.23 Å². The number of rotatable bonds is 15. The fourth-order valence-corrected chi connectivity index (χ4v) is 14.3. The summed E-state index contributed by atoms with van der Waals surface area (Å²) in [6.07, 6.45) is -17.7. The second-order valence-electron chi connectivity index (χ2n) is 8.36. The van der Waals surface area contributed by atoms with Crippen molar-refractivity contribution in [1.29, 1.82) is 0 Å². The third-order valence-corrected chi connectivity index (χ3v) is 17.4. The molecular formula is C19H13F21OSn. The van der Waals surface area contributed by atoms with E-state index in [2.05, 4.69) is 3.07 Å². The van der Waals surface area contributed by atoms with Gasteiger partial charge in [0.1, 0.15) is 0 Å². The Morgan fingerprint density at radius 1 is 0.452 bits per heavy atom. The summed E-state index contributed by atoms with van der Waals surface area (Å²) in [5, 5.41) is 0. The molecule has 23 heteroatoms. The minimum atomic E-state index is -10.5. The van der Waals surface area contributed by atoms with Gasteiger partial charge in [-0.05, 0) is 0 Å². The van der Waals surface area contributed by atoms with Crippen LogP contribution in [0.4, 0.5) is 92.2 Å². The van der Waals surface area contributed by atoms with Crippen molar-refractivity contribution in [3.05, 3.63) is 35.9 Å². The van der Waals surface area contributed by atoms with Gasteiger partial charge in [-0.3, -0.25) is 0 Å². The molecule has 0 aliphatic rings. The van der Waals surface area contributed by atoms with Crippen LogP contribution in [-0.4, -0.2) is 86.2 Å². The molecule has 246 valence electrons. The van der Waals surface area contributed by atoms with E-state index in [1.54, 1.807) is 0 Å². The zero-order valence-electron chi connectivity index (χ0n) is 19.4. The van der Waals surface area contributed by atoms with Crippen LogP contribution in [-0.2, 0) is 9.68 Å². The molecule has 0 bridgehead atoms. The van der Waals surface area contributed by atoms with E-state index < -0.39 is 98.3 Å². The van der Waals surface area contributed by atoms with Crippen LogP contribution in [0, 0.1) is 0 Å². The average Bonchev–Trinajstić information content (AvgIpc) is 2.88. The standard InChI is InChI=1S/C7H7O.3C4H2F7.Sn/c8-6-7-4-2-1-3-5-7;3*5-1-3(8,9)4(10,11)2(6)7;/h1-5H,6H2;3*1-2H;/q-1;;;;+1. The van der Waals surface area contributed by atoms with Crippen molar-refractivity contribution < 1.29 is 95.3 Å². The summed E-state index contributed by atoms with van der Waals surface area (Å²) in [5.74, 6) is -45.1. The van der Waals surface area contributed by atoms with Gasteiger partial charge in [0, 0.05) is 0 Å². The first kappa shape index (κ1) is 38.5. The first-order valence-corrected chi connectivity index (χ1v) is 16.4. The molecule has 0 amide bonds. The van der Waals surface area contributed by atoms with Crippen molar-refractivity contribution >= 4 is 18.8 Å². The molecule has 42 heavy (non-hydrogen) atoms. The molecule has 0 aliphatic carbocycles. The van der Waals surface area contributed by atoms with Gasteiger partial charge in [-0.2, -0.15) is 0 Å². The van der Waals surface area contributed by atoms with Gasteiger partial charge in [0.2, 0.25) is 0 Å². The van der Waals surface area contributed by atoms with E-state index in [0.717, 1.165) is 18.2 Å². The summed E-state index contributed by atoms with van der Waals surface area (Å²) in [6, 6.07) is 3.66. The van der Waals surface area contributed by atoms with Crippen molar-refractivity contribution in [3.63, 3.8) is 0 Å². The molecule has 0 N–H and O–H groups in total. The number of hydrogen-bond donors (Lipinski definition) is 0. The van der Waals surface area contributed by atoms with Crippen molar-refractivity contribution in [3.8, 4) is 0 Å². The van der Waals surface area contributed by atoms with Crippen LogP contribution in [0.3, 0.4) is 0 Å². The molecule has 0 radical (unpaired) electrons. The van der Waals surface area contributed by atoms with Gasteiger partial charge in [0.25, 0.3) is 0 Å². The van der Waals surface area contributed by atoms with Gasteiger partial charge in [0.05, 0.1) is 0 Å². The summed E-state index contributed by atoms with van der Waals surface area (Å²) in [6.45, 7) is -2.29. The zero-order valence-corrected chi connectivity index (χ0v) is 22.3. The number of benzene rings is 1. The van der Waals surface area contributed by atoms with Crippen molar-refractivity contribution in [1.82, 2.24) is 0 Å². The first-order chi connectivity index (χ1) is 18.6. The predicted octanol–water partition coefficient (Wildman–Crippen LogP) is 8.39. The number of halogens is 21. The monoisotopic (exact) mass is 776 g/mol. The van der Waals surface area contributed by atoms with E-state index in [-0.39, 0.29) is 0 Å². The van der Waals surface area contributed by atoms with Gasteiger partial charge in [-0.25, -0.2) is 0 Å². The third kappa shape index (κ3) is 6.20. The molecular weight excluding hydrogens is 762 g/mol. The minimum absolute atomic E-state index is 0.536. The fraction of sp³-hybridized carbons (Fsp3) is 0.684. The maximum absolute atomic E-state index is 15.2. The molecule has 3 unspecified atom stereocenters. The van der Waals surface area contributed by atoms with Gasteiger partial charge >= 0.3 is 224 Å². The van der Waals surface area contributed by atoms with E-state index in [0.29, 0.717) is 12.1 Å². The van der Waals surface area contributed by atoms with E-state index in [4.69, 9.17) is 0 Å². The predicted molar refractivity (Wildman–Crippen MR) is 99.4 cm³/mol. The molecule has 3 atom stereocenters. The van der Waals surface area contributed by atoms with Crippen molar-refractivity contribution in [2.24, 2.45) is 0 Å². The van der Waals surface area contributed by atoms with E-state index >= 15 is 13.2 Å². The van der Waals surface area contributed by atoms with Crippen LogP contribution < -0.4 is 0 Å². The Hall–Kier alpha value is -1.49. The van der Waals surface area contributed by atoms with Gasteiger partial charge < -0.3 is 0 Å². The van der Waals surface area contributed by atoms with E-state index in [9.17, 15) is 79.0 Å². The molecule has 1 nitrogen and oxygen atoms in total. The van der Waals surface area contributed by atoms with E-state index in [1.807, 2.05) is 0 Å². The molecule has 0 fully saturated rings. The van der Waals surface area contributed by atoms with E-state index in [1.165, 1.54) is 0 Å².